The first kappa shape index (κ1) is 20.4. The van der Waals surface area contributed by atoms with Crippen LogP contribution in [0.2, 0.25) is 0 Å². The van der Waals surface area contributed by atoms with Crippen molar-refractivity contribution in [2.24, 2.45) is 0 Å². The smallest absolute Gasteiger partial charge is 0.335 e. The maximum absolute atomic E-state index is 12.2. The maximum atomic E-state index is 12.2. The number of carbonyl (C=O) groups is 2. The quantitative estimate of drug-likeness (QED) is 0.682. The SMILES string of the molecule is CC(OC(=O)C(C)OCC1CCCO1)C(=O)NCC(C)c1ccccc1. The van der Waals surface area contributed by atoms with E-state index in [-0.39, 0.29) is 17.9 Å². The van der Waals surface area contributed by atoms with Crippen LogP contribution in [0, 0.1) is 0 Å². The number of ether oxygens (including phenoxy) is 3. The lowest BCUT2D eigenvalue weighted by Gasteiger charge is -2.19. The number of rotatable bonds is 9. The molecule has 0 aromatic heterocycles. The fraction of sp³-hybridized carbons (Fsp3) is 0.600. The summed E-state index contributed by atoms with van der Waals surface area (Å²) in [5.74, 6) is -0.675. The van der Waals surface area contributed by atoms with Crippen LogP contribution in [-0.2, 0) is 23.8 Å². The van der Waals surface area contributed by atoms with Crippen molar-refractivity contribution < 1.29 is 23.8 Å². The van der Waals surface area contributed by atoms with Crippen LogP contribution in [-0.4, -0.2) is 49.9 Å². The van der Waals surface area contributed by atoms with Crippen LogP contribution in [0.15, 0.2) is 30.3 Å². The molecule has 6 nitrogen and oxygen atoms in total. The number of benzene rings is 1. The summed E-state index contributed by atoms with van der Waals surface area (Å²) < 4.78 is 16.2. The van der Waals surface area contributed by atoms with E-state index >= 15 is 0 Å². The Hall–Kier alpha value is -1.92. The summed E-state index contributed by atoms with van der Waals surface area (Å²) in [6.45, 7) is 6.81. The predicted octanol–water partition coefficient (Wildman–Crippen LogP) is 2.42. The molecule has 4 atom stereocenters. The Labute approximate surface area is 155 Å². The van der Waals surface area contributed by atoms with Gasteiger partial charge in [-0.1, -0.05) is 37.3 Å². The van der Waals surface area contributed by atoms with Gasteiger partial charge in [0.15, 0.2) is 12.2 Å². The molecule has 0 aliphatic carbocycles. The Morgan fingerprint density at radius 1 is 1.19 bits per heavy atom. The van der Waals surface area contributed by atoms with Crippen LogP contribution in [0.4, 0.5) is 0 Å². The van der Waals surface area contributed by atoms with E-state index < -0.39 is 18.2 Å². The molecule has 144 valence electrons. The molecule has 1 aliphatic rings. The molecule has 0 saturated carbocycles. The van der Waals surface area contributed by atoms with Crippen LogP contribution in [0.25, 0.3) is 0 Å². The van der Waals surface area contributed by atoms with Gasteiger partial charge < -0.3 is 19.5 Å². The fourth-order valence-corrected chi connectivity index (χ4v) is 2.72. The maximum Gasteiger partial charge on any atom is 0.335 e. The molecule has 1 saturated heterocycles. The van der Waals surface area contributed by atoms with E-state index in [1.165, 1.54) is 0 Å². The van der Waals surface area contributed by atoms with E-state index in [2.05, 4.69) is 5.32 Å². The molecule has 1 fully saturated rings. The summed E-state index contributed by atoms with van der Waals surface area (Å²) in [5.41, 5.74) is 1.15. The van der Waals surface area contributed by atoms with Gasteiger partial charge in [0.1, 0.15) is 0 Å². The second kappa shape index (κ2) is 10.3. The molecule has 26 heavy (non-hydrogen) atoms. The summed E-state index contributed by atoms with van der Waals surface area (Å²) in [6, 6.07) is 9.94. The number of hydrogen-bond acceptors (Lipinski definition) is 5. The molecule has 1 amide bonds. The molecule has 1 heterocycles. The van der Waals surface area contributed by atoms with E-state index in [9.17, 15) is 9.59 Å². The third kappa shape index (κ3) is 6.42. The summed E-state index contributed by atoms with van der Waals surface area (Å²) in [5, 5.41) is 2.82. The van der Waals surface area contributed by atoms with Gasteiger partial charge in [-0.05, 0) is 38.2 Å². The van der Waals surface area contributed by atoms with Gasteiger partial charge in [-0.2, -0.15) is 0 Å². The van der Waals surface area contributed by atoms with Crippen molar-refractivity contribution in [3.8, 4) is 0 Å². The average Bonchev–Trinajstić information content (AvgIpc) is 3.17. The van der Waals surface area contributed by atoms with Crippen LogP contribution in [0.3, 0.4) is 0 Å². The molecule has 4 unspecified atom stereocenters. The summed E-state index contributed by atoms with van der Waals surface area (Å²) >= 11 is 0. The molecule has 1 aromatic rings. The van der Waals surface area contributed by atoms with Gasteiger partial charge in [-0.25, -0.2) is 4.79 Å². The highest BCUT2D eigenvalue weighted by atomic mass is 16.6. The first-order valence-electron chi connectivity index (χ1n) is 9.23. The summed E-state index contributed by atoms with van der Waals surface area (Å²) in [7, 11) is 0. The lowest BCUT2D eigenvalue weighted by molar-refractivity contribution is -0.166. The van der Waals surface area contributed by atoms with Gasteiger partial charge in [0.05, 0.1) is 12.7 Å². The van der Waals surface area contributed by atoms with E-state index in [0.717, 1.165) is 25.0 Å². The fourth-order valence-electron chi connectivity index (χ4n) is 2.72. The number of amides is 1. The minimum absolute atomic E-state index is 0.0467. The third-order valence-electron chi connectivity index (χ3n) is 4.50. The zero-order valence-corrected chi connectivity index (χ0v) is 15.8. The van der Waals surface area contributed by atoms with Crippen molar-refractivity contribution in [2.75, 3.05) is 19.8 Å². The minimum atomic E-state index is -0.862. The third-order valence-corrected chi connectivity index (χ3v) is 4.50. The van der Waals surface area contributed by atoms with Crippen molar-refractivity contribution in [2.45, 2.75) is 57.8 Å². The molecule has 0 radical (unpaired) electrons. The number of carbonyl (C=O) groups excluding carboxylic acids is 2. The highest BCUT2D eigenvalue weighted by Crippen LogP contribution is 2.14. The largest absolute Gasteiger partial charge is 0.451 e. The molecular formula is C20H29NO5. The Morgan fingerprint density at radius 3 is 2.58 bits per heavy atom. The first-order valence-corrected chi connectivity index (χ1v) is 9.23. The van der Waals surface area contributed by atoms with Gasteiger partial charge in [0.25, 0.3) is 5.91 Å². The monoisotopic (exact) mass is 363 g/mol. The minimum Gasteiger partial charge on any atom is -0.451 e. The Bertz CT molecular complexity index is 571. The van der Waals surface area contributed by atoms with Gasteiger partial charge in [0, 0.05) is 13.2 Å². The van der Waals surface area contributed by atoms with Crippen molar-refractivity contribution in [3.05, 3.63) is 35.9 Å². The van der Waals surface area contributed by atoms with E-state index in [1.54, 1.807) is 13.8 Å². The zero-order chi connectivity index (χ0) is 18.9. The van der Waals surface area contributed by atoms with Crippen molar-refractivity contribution in [1.29, 1.82) is 0 Å². The van der Waals surface area contributed by atoms with Crippen LogP contribution in [0.1, 0.15) is 45.1 Å². The lowest BCUT2D eigenvalue weighted by Crippen LogP contribution is -2.39. The normalized spacial score (nSPS) is 20.2. The van der Waals surface area contributed by atoms with Crippen molar-refractivity contribution in [3.63, 3.8) is 0 Å². The van der Waals surface area contributed by atoms with Gasteiger partial charge >= 0.3 is 5.97 Å². The van der Waals surface area contributed by atoms with E-state index in [1.807, 2.05) is 37.3 Å². The highest BCUT2D eigenvalue weighted by molar-refractivity contribution is 5.84. The van der Waals surface area contributed by atoms with E-state index in [0.29, 0.717) is 13.2 Å². The Balaban J connectivity index is 1.68. The van der Waals surface area contributed by atoms with Crippen LogP contribution >= 0.6 is 0 Å². The second-order valence-corrected chi connectivity index (χ2v) is 6.75. The molecule has 0 bridgehead atoms. The van der Waals surface area contributed by atoms with Gasteiger partial charge in [-0.15, -0.1) is 0 Å². The van der Waals surface area contributed by atoms with Crippen LogP contribution in [0.5, 0.6) is 0 Å². The lowest BCUT2D eigenvalue weighted by atomic mass is 10.0. The zero-order valence-electron chi connectivity index (χ0n) is 15.8. The Morgan fingerprint density at radius 2 is 1.92 bits per heavy atom. The van der Waals surface area contributed by atoms with Crippen molar-refractivity contribution in [1.82, 2.24) is 5.32 Å². The average molecular weight is 363 g/mol. The predicted molar refractivity (Wildman–Crippen MR) is 97.8 cm³/mol. The Kier molecular flexibility index (Phi) is 8.06. The number of nitrogens with one attached hydrogen (secondary N) is 1. The number of hydrogen-bond donors (Lipinski definition) is 1. The van der Waals surface area contributed by atoms with E-state index in [4.69, 9.17) is 14.2 Å². The molecule has 1 aliphatic heterocycles. The van der Waals surface area contributed by atoms with Gasteiger partial charge in [-0.3, -0.25) is 4.79 Å². The van der Waals surface area contributed by atoms with Gasteiger partial charge in [0.2, 0.25) is 0 Å². The molecule has 0 spiro atoms. The molecule has 6 heteroatoms. The summed E-state index contributed by atoms with van der Waals surface area (Å²) in [6.07, 6.45) is 0.424. The van der Waals surface area contributed by atoms with Crippen molar-refractivity contribution >= 4 is 11.9 Å². The molecular weight excluding hydrogens is 334 g/mol. The first-order chi connectivity index (χ1) is 12.5. The number of esters is 1. The second-order valence-electron chi connectivity index (χ2n) is 6.75. The summed E-state index contributed by atoms with van der Waals surface area (Å²) in [4.78, 5) is 24.2. The molecule has 1 aromatic carbocycles. The standard InChI is InChI=1S/C20H29NO5/c1-14(17-8-5-4-6-9-17)12-21-19(22)15(2)26-20(23)16(3)25-13-18-10-7-11-24-18/h4-6,8-9,14-16,18H,7,10-13H2,1-3H3,(H,21,22). The molecule has 2 rings (SSSR count). The highest BCUT2D eigenvalue weighted by Gasteiger charge is 2.24. The topological polar surface area (TPSA) is 73.9 Å². The van der Waals surface area contributed by atoms with Crippen LogP contribution < -0.4 is 5.32 Å². The molecule has 1 N–H and O–H groups in total.